The Balaban J connectivity index is 2.90. The van der Waals surface area contributed by atoms with Crippen LogP contribution in [0.25, 0.3) is 11.1 Å². The molecule has 0 aliphatic rings. The van der Waals surface area contributed by atoms with E-state index in [-0.39, 0.29) is 5.56 Å². The fourth-order valence-electron chi connectivity index (χ4n) is 2.00. The van der Waals surface area contributed by atoms with E-state index < -0.39 is 38.5 Å². The lowest BCUT2D eigenvalue weighted by Crippen LogP contribution is -2.11. The van der Waals surface area contributed by atoms with Crippen LogP contribution in [-0.4, -0.2) is 9.85 Å². The molecule has 0 amide bonds. The Morgan fingerprint density at radius 3 is 1.95 bits per heavy atom. The van der Waals surface area contributed by atoms with E-state index in [1.54, 1.807) is 6.07 Å². The van der Waals surface area contributed by atoms with Crippen molar-refractivity contribution in [1.82, 2.24) is 0 Å². The number of alkyl halides is 3. The Morgan fingerprint density at radius 2 is 1.50 bits per heavy atom. The average Bonchev–Trinajstić information content (AvgIpc) is 2.45. The first kappa shape index (κ1) is 15.4. The summed E-state index contributed by atoms with van der Waals surface area (Å²) in [7, 11) is 0. The second-order valence-corrected chi connectivity index (χ2v) is 4.27. The highest BCUT2D eigenvalue weighted by Gasteiger charge is 2.42. The number of nitrogens with zero attached hydrogens (tertiary/aromatic N) is 2. The molecule has 0 bridgehead atoms. The summed E-state index contributed by atoms with van der Waals surface area (Å²) in [6, 6.07) is 7.99. The van der Waals surface area contributed by atoms with E-state index in [2.05, 4.69) is 0 Å². The molecule has 0 unspecified atom stereocenters. The lowest BCUT2D eigenvalue weighted by Gasteiger charge is -2.13. The Bertz CT molecular complexity index is 745. The number of benzene rings is 2. The highest BCUT2D eigenvalue weighted by atomic mass is 19.4. The van der Waals surface area contributed by atoms with Gasteiger partial charge in [0, 0.05) is 11.6 Å². The van der Waals surface area contributed by atoms with E-state index in [0.29, 0.717) is 12.1 Å². The van der Waals surface area contributed by atoms with Gasteiger partial charge in [0.05, 0.1) is 15.9 Å². The van der Waals surface area contributed by atoms with Gasteiger partial charge in [-0.1, -0.05) is 30.3 Å². The largest absolute Gasteiger partial charge is 0.423 e. The van der Waals surface area contributed by atoms with Crippen LogP contribution < -0.4 is 0 Å². The molecular weight excluding hydrogens is 305 g/mol. The molecule has 6 nitrogen and oxygen atoms in total. The van der Waals surface area contributed by atoms with E-state index in [0.717, 1.165) is 0 Å². The molecule has 0 N–H and O–H groups in total. The molecule has 0 aromatic heterocycles. The second kappa shape index (κ2) is 5.43. The Morgan fingerprint density at radius 1 is 0.909 bits per heavy atom. The predicted octanol–water partition coefficient (Wildman–Crippen LogP) is 4.19. The zero-order valence-electron chi connectivity index (χ0n) is 10.7. The van der Waals surface area contributed by atoms with Gasteiger partial charge in [0.1, 0.15) is 5.56 Å². The molecule has 22 heavy (non-hydrogen) atoms. The molecule has 0 radical (unpaired) electrons. The van der Waals surface area contributed by atoms with Crippen molar-refractivity contribution in [3.63, 3.8) is 0 Å². The highest BCUT2D eigenvalue weighted by Crippen LogP contribution is 2.44. The van der Waals surface area contributed by atoms with Crippen molar-refractivity contribution in [1.29, 1.82) is 0 Å². The SMILES string of the molecule is O=[N+]([O-])c1cc(-c2ccccc2)c(C(F)(F)F)c([N+](=O)[O-])c1. The van der Waals surface area contributed by atoms with Gasteiger partial charge in [-0.05, 0) is 5.56 Å². The highest BCUT2D eigenvalue weighted by molar-refractivity contribution is 5.75. The van der Waals surface area contributed by atoms with E-state index in [1.165, 1.54) is 24.3 Å². The summed E-state index contributed by atoms with van der Waals surface area (Å²) in [6.07, 6.45) is -5.03. The molecule has 0 saturated carbocycles. The Kier molecular flexibility index (Phi) is 3.81. The van der Waals surface area contributed by atoms with E-state index >= 15 is 0 Å². The van der Waals surface area contributed by atoms with E-state index in [9.17, 15) is 33.4 Å². The van der Waals surface area contributed by atoms with Crippen molar-refractivity contribution in [2.75, 3.05) is 0 Å². The van der Waals surface area contributed by atoms with Crippen LogP contribution in [0.15, 0.2) is 42.5 Å². The molecule has 9 heteroatoms. The molecule has 114 valence electrons. The van der Waals surface area contributed by atoms with Gasteiger partial charge in [-0.25, -0.2) is 0 Å². The summed E-state index contributed by atoms with van der Waals surface area (Å²) >= 11 is 0. The summed E-state index contributed by atoms with van der Waals surface area (Å²) in [5.74, 6) is 0. The maximum absolute atomic E-state index is 13.2. The van der Waals surface area contributed by atoms with Crippen LogP contribution in [-0.2, 0) is 6.18 Å². The first-order chi connectivity index (χ1) is 10.2. The van der Waals surface area contributed by atoms with Gasteiger partial charge in [-0.2, -0.15) is 13.2 Å². The summed E-state index contributed by atoms with van der Waals surface area (Å²) in [5.41, 5.74) is -4.23. The van der Waals surface area contributed by atoms with Gasteiger partial charge in [0.15, 0.2) is 0 Å². The van der Waals surface area contributed by atoms with Crippen LogP contribution in [0.4, 0.5) is 24.5 Å². The first-order valence-electron chi connectivity index (χ1n) is 5.81. The number of hydrogen-bond acceptors (Lipinski definition) is 4. The van der Waals surface area contributed by atoms with Crippen LogP contribution in [0.2, 0.25) is 0 Å². The summed E-state index contributed by atoms with van der Waals surface area (Å²) in [4.78, 5) is 19.5. The third kappa shape index (κ3) is 2.87. The van der Waals surface area contributed by atoms with Gasteiger partial charge in [0.2, 0.25) is 0 Å². The minimum Gasteiger partial charge on any atom is -0.258 e. The van der Waals surface area contributed by atoms with Crippen LogP contribution in [0.1, 0.15) is 5.56 Å². The predicted molar refractivity (Wildman–Crippen MR) is 70.2 cm³/mol. The Labute approximate surface area is 121 Å². The summed E-state index contributed by atoms with van der Waals surface area (Å²) < 4.78 is 39.6. The molecule has 0 fully saturated rings. The molecule has 0 spiro atoms. The van der Waals surface area contributed by atoms with Crippen molar-refractivity contribution < 1.29 is 23.0 Å². The van der Waals surface area contributed by atoms with Gasteiger partial charge >= 0.3 is 6.18 Å². The minimum absolute atomic E-state index is 0.00150. The first-order valence-corrected chi connectivity index (χ1v) is 5.81. The van der Waals surface area contributed by atoms with Gasteiger partial charge in [-0.15, -0.1) is 0 Å². The number of hydrogen-bond donors (Lipinski definition) is 0. The Hall–Kier alpha value is -2.97. The van der Waals surface area contributed by atoms with Crippen molar-refractivity contribution in [2.45, 2.75) is 6.18 Å². The molecule has 2 aromatic carbocycles. The van der Waals surface area contributed by atoms with Crippen LogP contribution >= 0.6 is 0 Å². The molecule has 0 heterocycles. The summed E-state index contributed by atoms with van der Waals surface area (Å²) in [6.45, 7) is 0. The minimum atomic E-state index is -5.03. The zero-order valence-corrected chi connectivity index (χ0v) is 10.7. The molecule has 0 aliphatic carbocycles. The molecule has 2 rings (SSSR count). The smallest absolute Gasteiger partial charge is 0.258 e. The fourth-order valence-corrected chi connectivity index (χ4v) is 2.00. The van der Waals surface area contributed by atoms with Crippen LogP contribution in [0.5, 0.6) is 0 Å². The van der Waals surface area contributed by atoms with Crippen molar-refractivity contribution in [3.05, 3.63) is 68.3 Å². The summed E-state index contributed by atoms with van der Waals surface area (Å²) in [5, 5.41) is 21.7. The van der Waals surface area contributed by atoms with E-state index in [4.69, 9.17) is 0 Å². The van der Waals surface area contributed by atoms with Crippen LogP contribution in [0.3, 0.4) is 0 Å². The lowest BCUT2D eigenvalue weighted by atomic mass is 9.97. The molecular formula is C13H7F3N2O4. The van der Waals surface area contributed by atoms with Crippen molar-refractivity contribution in [2.24, 2.45) is 0 Å². The zero-order chi connectivity index (χ0) is 16.5. The van der Waals surface area contributed by atoms with Crippen molar-refractivity contribution >= 4 is 11.4 Å². The third-order valence-corrected chi connectivity index (χ3v) is 2.88. The van der Waals surface area contributed by atoms with Gasteiger partial charge in [-0.3, -0.25) is 20.2 Å². The number of nitro benzene ring substituents is 2. The fraction of sp³-hybridized carbons (Fsp3) is 0.0769. The molecule has 0 atom stereocenters. The molecule has 2 aromatic rings. The monoisotopic (exact) mass is 312 g/mol. The van der Waals surface area contributed by atoms with Crippen LogP contribution in [0, 0.1) is 20.2 Å². The maximum Gasteiger partial charge on any atom is 0.423 e. The standard InChI is InChI=1S/C13H7F3N2O4/c14-13(15,16)12-10(8-4-2-1-3-5-8)6-9(17(19)20)7-11(12)18(21)22/h1-7H. The maximum atomic E-state index is 13.2. The topological polar surface area (TPSA) is 86.3 Å². The van der Waals surface area contributed by atoms with Gasteiger partial charge in [0.25, 0.3) is 11.4 Å². The van der Waals surface area contributed by atoms with Gasteiger partial charge < -0.3 is 0 Å². The number of halogens is 3. The normalized spacial score (nSPS) is 11.2. The van der Waals surface area contributed by atoms with E-state index in [1.807, 2.05) is 0 Å². The number of non-ortho nitro benzene ring substituents is 1. The average molecular weight is 312 g/mol. The molecule has 0 aliphatic heterocycles. The number of rotatable bonds is 3. The second-order valence-electron chi connectivity index (χ2n) is 4.27. The number of nitro groups is 2. The third-order valence-electron chi connectivity index (χ3n) is 2.88. The lowest BCUT2D eigenvalue weighted by molar-refractivity contribution is -0.395. The van der Waals surface area contributed by atoms with Crippen molar-refractivity contribution in [3.8, 4) is 11.1 Å². The molecule has 0 saturated heterocycles. The quantitative estimate of drug-likeness (QED) is 0.628.